The minimum Gasteiger partial charge on any atom is -0.394 e. The summed E-state index contributed by atoms with van der Waals surface area (Å²) >= 11 is 0. The van der Waals surface area contributed by atoms with Crippen molar-refractivity contribution in [2.45, 2.75) is 30.8 Å². The topological polar surface area (TPSA) is 91.3 Å². The molecule has 15 heavy (non-hydrogen) atoms. The van der Waals surface area contributed by atoms with E-state index in [0.717, 1.165) is 0 Å². The zero-order chi connectivity index (χ0) is 11.1. The number of aliphatic hydroxyl groups is 2. The number of epoxide rings is 1. The Hall–Kier alpha value is -0.690. The van der Waals surface area contributed by atoms with Crippen LogP contribution in [0.5, 0.6) is 0 Å². The molecule has 0 bridgehead atoms. The second-order valence-electron chi connectivity index (χ2n) is 4.00. The van der Waals surface area contributed by atoms with Gasteiger partial charge in [-0.3, -0.25) is 4.79 Å². The van der Waals surface area contributed by atoms with E-state index in [1.807, 2.05) is 0 Å². The van der Waals surface area contributed by atoms with Crippen molar-refractivity contribution in [3.8, 4) is 0 Å². The Bertz CT molecular complexity index is 265. The fourth-order valence-electron chi connectivity index (χ4n) is 2.01. The van der Waals surface area contributed by atoms with E-state index in [1.165, 1.54) is 6.92 Å². The van der Waals surface area contributed by atoms with Crippen molar-refractivity contribution < 1.29 is 24.5 Å². The van der Waals surface area contributed by atoms with Gasteiger partial charge >= 0.3 is 0 Å². The lowest BCUT2D eigenvalue weighted by atomic mass is 9.89. The van der Waals surface area contributed by atoms with Crippen LogP contribution >= 0.6 is 0 Å². The molecule has 0 aromatic heterocycles. The number of hydrogen-bond acceptors (Lipinski definition) is 5. The summed E-state index contributed by atoms with van der Waals surface area (Å²) in [6, 6.07) is -0.465. The van der Waals surface area contributed by atoms with Crippen LogP contribution in [0.2, 0.25) is 0 Å². The maximum Gasteiger partial charge on any atom is 0.217 e. The van der Waals surface area contributed by atoms with E-state index in [0.29, 0.717) is 6.61 Å². The van der Waals surface area contributed by atoms with Gasteiger partial charge in [-0.1, -0.05) is 0 Å². The number of rotatable bonds is 2. The summed E-state index contributed by atoms with van der Waals surface area (Å²) in [6.45, 7) is 1.74. The Balaban J connectivity index is 2.05. The van der Waals surface area contributed by atoms with E-state index in [1.54, 1.807) is 0 Å². The van der Waals surface area contributed by atoms with Crippen molar-refractivity contribution in [2.75, 3.05) is 19.8 Å². The van der Waals surface area contributed by atoms with Crippen molar-refractivity contribution >= 4 is 5.91 Å². The molecule has 0 radical (unpaired) electrons. The first-order chi connectivity index (χ1) is 7.10. The molecule has 1 spiro atoms. The fraction of sp³-hybridized carbons (Fsp3) is 0.889. The Morgan fingerprint density at radius 1 is 1.67 bits per heavy atom. The summed E-state index contributed by atoms with van der Waals surface area (Å²) in [5, 5.41) is 21.6. The molecule has 4 atom stereocenters. The first-order valence-corrected chi connectivity index (χ1v) is 4.92. The van der Waals surface area contributed by atoms with Gasteiger partial charge < -0.3 is 25.0 Å². The molecule has 6 heteroatoms. The average molecular weight is 217 g/mol. The number of amides is 1. The third-order valence-corrected chi connectivity index (χ3v) is 2.94. The normalized spacial score (nSPS) is 44.1. The van der Waals surface area contributed by atoms with Gasteiger partial charge in [-0.15, -0.1) is 0 Å². The molecule has 2 heterocycles. The summed E-state index contributed by atoms with van der Waals surface area (Å²) in [5.41, 5.74) is -0.819. The highest BCUT2D eigenvalue weighted by molar-refractivity contribution is 5.73. The molecule has 0 aliphatic carbocycles. The Labute approximate surface area is 87.2 Å². The standard InChI is InChI=1S/C9H15NO5/c1-5(12)10-6-3-14-7(2-11)9(4-15-9)8(6)13/h6-8,11,13H,2-4H2,1H3,(H,10,12)/t6-,7+,8+,9+/m0/s1. The van der Waals surface area contributed by atoms with Gasteiger partial charge in [-0.25, -0.2) is 0 Å². The van der Waals surface area contributed by atoms with E-state index >= 15 is 0 Å². The summed E-state index contributed by atoms with van der Waals surface area (Å²) in [7, 11) is 0. The monoisotopic (exact) mass is 217 g/mol. The van der Waals surface area contributed by atoms with Crippen molar-refractivity contribution in [1.29, 1.82) is 0 Å². The minimum atomic E-state index is -0.827. The fourth-order valence-corrected chi connectivity index (χ4v) is 2.01. The predicted molar refractivity (Wildman–Crippen MR) is 49.1 cm³/mol. The Morgan fingerprint density at radius 2 is 2.33 bits per heavy atom. The summed E-state index contributed by atoms with van der Waals surface area (Å²) in [6.07, 6.45) is -1.33. The molecule has 0 unspecified atom stereocenters. The van der Waals surface area contributed by atoms with Crippen molar-refractivity contribution in [1.82, 2.24) is 5.32 Å². The van der Waals surface area contributed by atoms with Crippen LogP contribution in [0.15, 0.2) is 0 Å². The SMILES string of the molecule is CC(=O)N[C@H]1CO[C@H](CO)[C@]2(CO2)[C@@H]1O. The van der Waals surface area contributed by atoms with Crippen LogP contribution in [-0.4, -0.2) is 59.8 Å². The molecular formula is C9H15NO5. The van der Waals surface area contributed by atoms with Gasteiger partial charge in [0.15, 0.2) is 0 Å². The molecule has 2 aliphatic rings. The molecule has 2 aliphatic heterocycles. The molecule has 2 saturated heterocycles. The van der Waals surface area contributed by atoms with Crippen LogP contribution in [0.3, 0.4) is 0 Å². The molecule has 0 saturated carbocycles. The maximum absolute atomic E-state index is 10.9. The van der Waals surface area contributed by atoms with E-state index in [4.69, 9.17) is 14.6 Å². The minimum absolute atomic E-state index is 0.191. The molecular weight excluding hydrogens is 202 g/mol. The van der Waals surface area contributed by atoms with Gasteiger partial charge in [0.2, 0.25) is 5.91 Å². The van der Waals surface area contributed by atoms with E-state index in [-0.39, 0.29) is 19.1 Å². The second kappa shape index (κ2) is 3.71. The molecule has 0 aromatic rings. The number of aliphatic hydroxyl groups excluding tert-OH is 2. The third-order valence-electron chi connectivity index (χ3n) is 2.94. The highest BCUT2D eigenvalue weighted by atomic mass is 16.6. The van der Waals surface area contributed by atoms with Crippen molar-refractivity contribution in [2.24, 2.45) is 0 Å². The molecule has 0 aromatic carbocycles. The quantitative estimate of drug-likeness (QED) is 0.466. The predicted octanol–water partition coefficient (Wildman–Crippen LogP) is -1.99. The first-order valence-electron chi connectivity index (χ1n) is 4.92. The number of hydrogen-bond donors (Lipinski definition) is 3. The van der Waals surface area contributed by atoms with Crippen LogP contribution in [0, 0.1) is 0 Å². The third kappa shape index (κ3) is 1.74. The van der Waals surface area contributed by atoms with Crippen molar-refractivity contribution in [3.63, 3.8) is 0 Å². The second-order valence-corrected chi connectivity index (χ2v) is 4.00. The molecule has 3 N–H and O–H groups in total. The van der Waals surface area contributed by atoms with Gasteiger partial charge in [0, 0.05) is 6.92 Å². The van der Waals surface area contributed by atoms with Gasteiger partial charge in [-0.2, -0.15) is 0 Å². The Kier molecular flexibility index (Phi) is 2.68. The first kappa shape index (κ1) is 10.8. The molecule has 6 nitrogen and oxygen atoms in total. The van der Waals surface area contributed by atoms with Crippen LogP contribution < -0.4 is 5.32 Å². The molecule has 1 amide bonds. The van der Waals surface area contributed by atoms with Gasteiger partial charge in [0.1, 0.15) is 17.8 Å². The lowest BCUT2D eigenvalue weighted by molar-refractivity contribution is -0.145. The molecule has 86 valence electrons. The lowest BCUT2D eigenvalue weighted by Crippen LogP contribution is -2.62. The summed E-state index contributed by atoms with van der Waals surface area (Å²) < 4.78 is 10.5. The van der Waals surface area contributed by atoms with Crippen LogP contribution in [0.4, 0.5) is 0 Å². The van der Waals surface area contributed by atoms with Crippen LogP contribution in [-0.2, 0) is 14.3 Å². The number of carbonyl (C=O) groups is 1. The highest BCUT2D eigenvalue weighted by Gasteiger charge is 2.62. The van der Waals surface area contributed by atoms with E-state index in [2.05, 4.69) is 5.32 Å². The van der Waals surface area contributed by atoms with Gasteiger partial charge in [0.25, 0.3) is 0 Å². The number of ether oxygens (including phenoxy) is 2. The largest absolute Gasteiger partial charge is 0.394 e. The van der Waals surface area contributed by atoms with Crippen LogP contribution in [0.25, 0.3) is 0 Å². The summed E-state index contributed by atoms with van der Waals surface area (Å²) in [5.74, 6) is -0.221. The number of nitrogens with one attached hydrogen (secondary N) is 1. The average Bonchev–Trinajstić information content (AvgIpc) is 2.95. The van der Waals surface area contributed by atoms with Gasteiger partial charge in [-0.05, 0) is 0 Å². The maximum atomic E-state index is 10.9. The van der Waals surface area contributed by atoms with Gasteiger partial charge in [0.05, 0.1) is 25.9 Å². The highest BCUT2D eigenvalue weighted by Crippen LogP contribution is 2.40. The zero-order valence-electron chi connectivity index (χ0n) is 8.47. The smallest absolute Gasteiger partial charge is 0.217 e. The summed E-state index contributed by atoms with van der Waals surface area (Å²) in [4.78, 5) is 10.9. The number of carbonyl (C=O) groups excluding carboxylic acids is 1. The zero-order valence-corrected chi connectivity index (χ0v) is 8.47. The van der Waals surface area contributed by atoms with E-state index < -0.39 is 23.9 Å². The van der Waals surface area contributed by atoms with Crippen molar-refractivity contribution in [3.05, 3.63) is 0 Å². The molecule has 2 rings (SSSR count). The van der Waals surface area contributed by atoms with Crippen LogP contribution in [0.1, 0.15) is 6.92 Å². The lowest BCUT2D eigenvalue weighted by Gasteiger charge is -2.38. The Morgan fingerprint density at radius 3 is 2.80 bits per heavy atom. The molecule has 2 fully saturated rings. The van der Waals surface area contributed by atoms with E-state index in [9.17, 15) is 9.90 Å².